The van der Waals surface area contributed by atoms with Crippen molar-refractivity contribution in [2.24, 2.45) is 29.6 Å². The maximum atomic E-state index is 14.2. The number of rotatable bonds is 14. The van der Waals surface area contributed by atoms with Crippen molar-refractivity contribution in [3.05, 3.63) is 53.6 Å². The van der Waals surface area contributed by atoms with E-state index >= 15 is 0 Å². The summed E-state index contributed by atoms with van der Waals surface area (Å²) in [5, 5.41) is 14.7. The third-order valence-electron chi connectivity index (χ3n) is 9.62. The van der Waals surface area contributed by atoms with Crippen LogP contribution < -0.4 is 5.32 Å². The molecule has 49 heavy (non-hydrogen) atoms. The van der Waals surface area contributed by atoms with E-state index in [4.69, 9.17) is 18.6 Å². The highest BCUT2D eigenvalue weighted by Gasteiger charge is 2.55. The predicted octanol–water partition coefficient (Wildman–Crippen LogP) is 5.12. The summed E-state index contributed by atoms with van der Waals surface area (Å²) in [6.07, 6.45) is -0.977. The number of nitrogens with zero attached hydrogens (tertiary/aromatic N) is 2. The van der Waals surface area contributed by atoms with E-state index in [0.29, 0.717) is 25.2 Å². The van der Waals surface area contributed by atoms with E-state index in [0.717, 1.165) is 24.6 Å². The number of benzene rings is 2. The van der Waals surface area contributed by atoms with Gasteiger partial charge in [-0.1, -0.05) is 13.8 Å². The molecule has 11 nitrogen and oxygen atoms in total. The van der Waals surface area contributed by atoms with Crippen LogP contribution in [0.5, 0.6) is 0 Å². The number of aliphatic hydroxyl groups is 1. The van der Waals surface area contributed by atoms with Gasteiger partial charge in [-0.2, -0.15) is 9.29 Å². The van der Waals surface area contributed by atoms with Crippen LogP contribution in [0.25, 0.3) is 11.1 Å². The van der Waals surface area contributed by atoms with E-state index < -0.39 is 39.6 Å². The number of fused-ring (bicyclic) bond motifs is 1. The van der Waals surface area contributed by atoms with E-state index in [-0.39, 0.29) is 90.1 Å². The number of esters is 1. The molecule has 0 radical (unpaired) electrons. The van der Waals surface area contributed by atoms with Crippen molar-refractivity contribution in [1.82, 2.24) is 9.29 Å². The zero-order chi connectivity index (χ0) is 35.0. The van der Waals surface area contributed by atoms with Crippen LogP contribution in [0, 0.1) is 41.2 Å². The summed E-state index contributed by atoms with van der Waals surface area (Å²) in [6.45, 7) is 8.32. The van der Waals surface area contributed by atoms with E-state index in [2.05, 4.69) is 10.3 Å². The number of aliphatic hydroxyl groups excluding tert-OH is 1. The molecule has 2 saturated heterocycles. The Labute approximate surface area is 285 Å². The highest BCUT2D eigenvalue weighted by molar-refractivity contribution is 7.89. The van der Waals surface area contributed by atoms with Gasteiger partial charge in [-0.15, -0.1) is 0 Å². The van der Waals surface area contributed by atoms with Gasteiger partial charge in [0.25, 0.3) is 6.01 Å². The second kappa shape index (κ2) is 14.6. The minimum Gasteiger partial charge on any atom is -0.462 e. The molecule has 3 aromatic rings. The number of aromatic nitrogens is 1. The molecule has 3 fully saturated rings. The molecule has 2 N–H and O–H groups in total. The smallest absolute Gasteiger partial charge is 0.306 e. The van der Waals surface area contributed by atoms with E-state index in [1.807, 2.05) is 27.7 Å². The summed E-state index contributed by atoms with van der Waals surface area (Å²) in [4.78, 5) is 17.8. The fourth-order valence-corrected chi connectivity index (χ4v) is 9.16. The van der Waals surface area contributed by atoms with Gasteiger partial charge >= 0.3 is 5.97 Å². The number of ether oxygens (including phenoxy) is 3. The number of carbonyl (C=O) groups is 1. The Bertz CT molecular complexity index is 1730. The molecule has 3 unspecified atom stereocenters. The maximum absolute atomic E-state index is 14.2. The molecule has 0 spiro atoms. The van der Waals surface area contributed by atoms with Crippen LogP contribution in [0.3, 0.4) is 0 Å². The Morgan fingerprint density at radius 1 is 1.10 bits per heavy atom. The molecular formula is C35H45F2N3O8S. The van der Waals surface area contributed by atoms with Gasteiger partial charge in [0.05, 0.1) is 30.6 Å². The van der Waals surface area contributed by atoms with Gasteiger partial charge in [0.2, 0.25) is 10.0 Å². The van der Waals surface area contributed by atoms with Gasteiger partial charge < -0.3 is 29.1 Å². The van der Waals surface area contributed by atoms with Crippen molar-refractivity contribution in [3.63, 3.8) is 0 Å². The zero-order valence-electron chi connectivity index (χ0n) is 28.2. The largest absolute Gasteiger partial charge is 0.462 e. The van der Waals surface area contributed by atoms with E-state index in [1.165, 1.54) is 16.4 Å². The van der Waals surface area contributed by atoms with Crippen LogP contribution >= 0.6 is 0 Å². The van der Waals surface area contributed by atoms with E-state index in [1.54, 1.807) is 6.07 Å². The summed E-state index contributed by atoms with van der Waals surface area (Å²) >= 11 is 0. The van der Waals surface area contributed by atoms with E-state index in [9.17, 15) is 27.1 Å². The SMILES string of the molecule is CC(C)CN(C[C@@H](O)C(CC(=O)O[C@@H]1CC2CO[C@@H]3OCCC1[C@H]23)Cc1cc(F)cc(F)c1)S(=O)(=O)c1ccc2nc(NC(C)C)oc2c1. The highest BCUT2D eigenvalue weighted by Crippen LogP contribution is 2.50. The average Bonchev–Trinajstić information content (AvgIpc) is 3.71. The fraction of sp³-hybridized carbons (Fsp3) is 0.600. The first kappa shape index (κ1) is 35.6. The number of anilines is 1. The molecule has 3 heterocycles. The normalized spacial score (nSPS) is 24.9. The van der Waals surface area contributed by atoms with Gasteiger partial charge in [0.15, 0.2) is 11.9 Å². The van der Waals surface area contributed by atoms with Gasteiger partial charge in [0, 0.05) is 49.0 Å². The van der Waals surface area contributed by atoms with Crippen LogP contribution in [0.15, 0.2) is 45.7 Å². The molecule has 6 rings (SSSR count). The number of halogens is 2. The van der Waals surface area contributed by atoms with Crippen LogP contribution in [0.4, 0.5) is 14.8 Å². The number of nitrogens with one attached hydrogen (secondary N) is 1. The van der Waals surface area contributed by atoms with Crippen molar-refractivity contribution in [2.45, 2.75) is 82.8 Å². The van der Waals surface area contributed by atoms with Crippen molar-refractivity contribution in [3.8, 4) is 0 Å². The molecule has 7 atom stereocenters. The lowest BCUT2D eigenvalue weighted by molar-refractivity contribution is -0.182. The minimum atomic E-state index is -4.18. The molecule has 14 heteroatoms. The van der Waals surface area contributed by atoms with Gasteiger partial charge in [0.1, 0.15) is 23.3 Å². The second-order valence-electron chi connectivity index (χ2n) is 14.3. The third-order valence-corrected chi connectivity index (χ3v) is 11.4. The molecular weight excluding hydrogens is 660 g/mol. The average molecular weight is 706 g/mol. The number of hydrogen-bond donors (Lipinski definition) is 2. The predicted molar refractivity (Wildman–Crippen MR) is 176 cm³/mol. The van der Waals surface area contributed by atoms with Crippen molar-refractivity contribution >= 4 is 33.1 Å². The second-order valence-corrected chi connectivity index (χ2v) is 16.2. The van der Waals surface area contributed by atoms with Crippen LogP contribution in [0.1, 0.15) is 52.5 Å². The van der Waals surface area contributed by atoms with Crippen molar-refractivity contribution in [2.75, 3.05) is 31.6 Å². The number of carbonyl (C=O) groups excluding carboxylic acids is 1. The Kier molecular flexibility index (Phi) is 10.6. The summed E-state index contributed by atoms with van der Waals surface area (Å²) in [7, 11) is -4.18. The number of hydrogen-bond acceptors (Lipinski definition) is 10. The summed E-state index contributed by atoms with van der Waals surface area (Å²) in [6, 6.07) is 7.75. The summed E-state index contributed by atoms with van der Waals surface area (Å²) in [5.74, 6) is -2.69. The fourth-order valence-electron chi connectivity index (χ4n) is 7.52. The molecule has 1 saturated carbocycles. The van der Waals surface area contributed by atoms with Gasteiger partial charge in [-0.3, -0.25) is 4.79 Å². The van der Waals surface area contributed by atoms with Crippen LogP contribution in [-0.2, 0) is 35.4 Å². The lowest BCUT2D eigenvalue weighted by atomic mass is 9.86. The Morgan fingerprint density at radius 3 is 2.57 bits per heavy atom. The Morgan fingerprint density at radius 2 is 1.86 bits per heavy atom. The minimum absolute atomic E-state index is 0.0474. The lowest BCUT2D eigenvalue weighted by Gasteiger charge is -2.33. The summed E-state index contributed by atoms with van der Waals surface area (Å²) < 4.78 is 81.0. The first-order chi connectivity index (χ1) is 23.3. The van der Waals surface area contributed by atoms with Crippen LogP contribution in [0.2, 0.25) is 0 Å². The van der Waals surface area contributed by atoms with Gasteiger partial charge in [-0.05, 0) is 74.8 Å². The Balaban J connectivity index is 1.22. The van der Waals surface area contributed by atoms with Crippen LogP contribution in [-0.4, -0.2) is 79.6 Å². The molecule has 0 bridgehead atoms. The topological polar surface area (TPSA) is 140 Å². The Hall–Kier alpha value is -3.17. The van der Waals surface area contributed by atoms with Gasteiger partial charge in [-0.25, -0.2) is 17.2 Å². The highest BCUT2D eigenvalue weighted by atomic mass is 32.2. The zero-order valence-corrected chi connectivity index (χ0v) is 29.0. The third kappa shape index (κ3) is 8.09. The molecule has 1 aliphatic carbocycles. The maximum Gasteiger partial charge on any atom is 0.306 e. The van der Waals surface area contributed by atoms with Crippen molar-refractivity contribution in [1.29, 1.82) is 0 Å². The van der Waals surface area contributed by atoms with Crippen molar-refractivity contribution < 1.29 is 45.7 Å². The first-order valence-corrected chi connectivity index (χ1v) is 18.4. The molecule has 1 aromatic heterocycles. The molecule has 2 aromatic carbocycles. The molecule has 2 aliphatic heterocycles. The quantitative estimate of drug-likeness (QED) is 0.217. The number of oxazole rings is 1. The monoisotopic (exact) mass is 705 g/mol. The first-order valence-electron chi connectivity index (χ1n) is 17.0. The summed E-state index contributed by atoms with van der Waals surface area (Å²) in [5.41, 5.74) is 0.989. The standard InChI is InChI=1S/C35H45F2N3O8S/c1-19(2)16-40(49(43,44)26-5-6-28-31(15-26)48-35(39-28)38-20(3)4)17-29(41)22(9-21-10-24(36)14-25(37)11-21)13-32(42)47-30-12-23-18-46-34-33(23)27(30)7-8-45-34/h5-6,10-11,14-15,19-20,22-23,27,29-30,33-34,41H,7-9,12-13,16-18H2,1-4H3,(H,38,39)/t22?,23?,27?,29-,30-,33+,34+/m1/s1. The molecule has 3 aliphatic rings. The molecule has 268 valence electrons. The number of sulfonamides is 1. The molecule has 0 amide bonds. The lowest BCUT2D eigenvalue weighted by Crippen LogP contribution is -2.43.